The van der Waals surface area contributed by atoms with Crippen molar-refractivity contribution in [2.45, 2.75) is 38.8 Å². The Kier molecular flexibility index (Phi) is 5.46. The van der Waals surface area contributed by atoms with Crippen LogP contribution in [-0.4, -0.2) is 34.1 Å². The number of nitrogens with one attached hydrogen (secondary N) is 2. The van der Waals surface area contributed by atoms with Gasteiger partial charge in [-0.15, -0.1) is 22.7 Å². The highest BCUT2D eigenvalue weighted by Crippen LogP contribution is 2.34. The molecule has 8 heteroatoms. The van der Waals surface area contributed by atoms with E-state index in [4.69, 9.17) is 0 Å². The summed E-state index contributed by atoms with van der Waals surface area (Å²) in [6, 6.07) is 8.97. The second-order valence-electron chi connectivity index (χ2n) is 8.46. The van der Waals surface area contributed by atoms with Crippen LogP contribution in [0.25, 0.3) is 10.2 Å². The van der Waals surface area contributed by atoms with E-state index in [2.05, 4.69) is 78.9 Å². The Morgan fingerprint density at radius 1 is 1.27 bits per heavy atom. The SMILES string of the molecule is Cc1nc(CN2CCc3cc(Nc4ncnc5cc(C#C[C@H]6CCCN6)sc45)ccc32)cs1. The highest BCUT2D eigenvalue weighted by Gasteiger charge is 2.20. The minimum Gasteiger partial charge on any atom is -0.365 e. The minimum absolute atomic E-state index is 0.310. The molecule has 2 aliphatic rings. The third-order valence-corrected chi connectivity index (χ3v) is 7.96. The normalized spacial score (nSPS) is 17.2. The molecule has 1 atom stereocenters. The third kappa shape index (κ3) is 4.32. The minimum atomic E-state index is 0.310. The van der Waals surface area contributed by atoms with Gasteiger partial charge in [0.1, 0.15) is 6.33 Å². The first-order valence-corrected chi connectivity index (χ1v) is 13.0. The van der Waals surface area contributed by atoms with Gasteiger partial charge >= 0.3 is 0 Å². The van der Waals surface area contributed by atoms with E-state index in [1.54, 1.807) is 29.0 Å². The van der Waals surface area contributed by atoms with Crippen molar-refractivity contribution in [2.24, 2.45) is 0 Å². The molecule has 1 aromatic carbocycles. The molecule has 166 valence electrons. The Morgan fingerprint density at radius 3 is 3.09 bits per heavy atom. The molecule has 0 spiro atoms. The molecule has 0 saturated carbocycles. The van der Waals surface area contributed by atoms with E-state index < -0.39 is 0 Å². The lowest BCUT2D eigenvalue weighted by atomic mass is 10.1. The van der Waals surface area contributed by atoms with Gasteiger partial charge in [-0.2, -0.15) is 0 Å². The van der Waals surface area contributed by atoms with Gasteiger partial charge < -0.3 is 15.5 Å². The van der Waals surface area contributed by atoms with Gasteiger partial charge in [0.2, 0.25) is 0 Å². The Labute approximate surface area is 201 Å². The number of fused-ring (bicyclic) bond motifs is 2. The quantitative estimate of drug-likeness (QED) is 0.413. The molecule has 2 aliphatic heterocycles. The predicted molar refractivity (Wildman–Crippen MR) is 137 cm³/mol. The summed E-state index contributed by atoms with van der Waals surface area (Å²) in [5.74, 6) is 7.52. The van der Waals surface area contributed by atoms with Crippen LogP contribution in [0.1, 0.15) is 34.0 Å². The maximum absolute atomic E-state index is 4.63. The fraction of sp³-hybridized carbons (Fsp3) is 0.320. The molecule has 0 bridgehead atoms. The van der Waals surface area contributed by atoms with Gasteiger partial charge in [-0.25, -0.2) is 15.0 Å². The zero-order valence-electron chi connectivity index (χ0n) is 18.4. The summed E-state index contributed by atoms with van der Waals surface area (Å²) in [6.07, 6.45) is 5.00. The molecule has 0 radical (unpaired) electrons. The van der Waals surface area contributed by atoms with Crippen molar-refractivity contribution in [2.75, 3.05) is 23.3 Å². The Hall–Kier alpha value is -2.99. The van der Waals surface area contributed by atoms with Crippen LogP contribution in [0, 0.1) is 18.8 Å². The number of hydrogen-bond acceptors (Lipinski definition) is 8. The van der Waals surface area contributed by atoms with Crippen LogP contribution in [0.15, 0.2) is 36.0 Å². The summed E-state index contributed by atoms with van der Waals surface area (Å²) in [4.78, 5) is 17.1. The Bertz CT molecular complexity index is 1370. The molecule has 1 fully saturated rings. The number of rotatable bonds is 4. The van der Waals surface area contributed by atoms with Crippen molar-refractivity contribution in [3.05, 3.63) is 57.1 Å². The van der Waals surface area contributed by atoms with Crippen molar-refractivity contribution < 1.29 is 0 Å². The largest absolute Gasteiger partial charge is 0.365 e. The van der Waals surface area contributed by atoms with Gasteiger partial charge in [-0.1, -0.05) is 11.8 Å². The van der Waals surface area contributed by atoms with Crippen molar-refractivity contribution in [1.29, 1.82) is 0 Å². The number of hydrogen-bond donors (Lipinski definition) is 2. The molecule has 0 aliphatic carbocycles. The van der Waals surface area contributed by atoms with Crippen molar-refractivity contribution in [1.82, 2.24) is 20.3 Å². The molecule has 5 heterocycles. The summed E-state index contributed by atoms with van der Waals surface area (Å²) >= 11 is 3.37. The maximum atomic E-state index is 4.63. The number of thiophene rings is 1. The van der Waals surface area contributed by atoms with E-state index in [1.807, 2.05) is 0 Å². The second kappa shape index (κ2) is 8.75. The molecule has 4 aromatic rings. The van der Waals surface area contributed by atoms with Gasteiger partial charge in [-0.05, 0) is 62.6 Å². The standard InChI is InChI=1S/C25H24N6S2/c1-16-29-20(14-32-16)13-31-10-8-17-11-19(5-7-23(17)31)30-25-24-22(27-15-28-25)12-21(33-24)6-4-18-3-2-9-26-18/h5,7,11-12,14-15,18,26H,2-3,8-10,13H2,1H3,(H,27,28,30)/t18-/m1/s1. The van der Waals surface area contributed by atoms with E-state index in [0.29, 0.717) is 6.04 Å². The summed E-state index contributed by atoms with van der Waals surface area (Å²) < 4.78 is 1.04. The van der Waals surface area contributed by atoms with Gasteiger partial charge in [0.25, 0.3) is 0 Å². The summed E-state index contributed by atoms with van der Waals surface area (Å²) in [5, 5.41) is 10.2. The van der Waals surface area contributed by atoms with Crippen LogP contribution >= 0.6 is 22.7 Å². The smallest absolute Gasteiger partial charge is 0.151 e. The highest BCUT2D eigenvalue weighted by atomic mass is 32.1. The number of anilines is 3. The molecule has 0 amide bonds. The van der Waals surface area contributed by atoms with Crippen molar-refractivity contribution in [3.8, 4) is 11.8 Å². The molecule has 6 nitrogen and oxygen atoms in total. The van der Waals surface area contributed by atoms with Gasteiger partial charge in [0, 0.05) is 23.3 Å². The van der Waals surface area contributed by atoms with Crippen LogP contribution in [-0.2, 0) is 13.0 Å². The van der Waals surface area contributed by atoms with E-state index in [9.17, 15) is 0 Å². The third-order valence-electron chi connectivity index (χ3n) is 6.09. The van der Waals surface area contributed by atoms with E-state index in [-0.39, 0.29) is 0 Å². The zero-order chi connectivity index (χ0) is 22.2. The molecular weight excluding hydrogens is 448 g/mol. The second-order valence-corrected chi connectivity index (χ2v) is 10.6. The van der Waals surface area contributed by atoms with Gasteiger partial charge in [-0.3, -0.25) is 0 Å². The number of thiazole rings is 1. The lowest BCUT2D eigenvalue weighted by Gasteiger charge is -2.18. The fourth-order valence-electron chi connectivity index (χ4n) is 4.50. The zero-order valence-corrected chi connectivity index (χ0v) is 20.0. The van der Waals surface area contributed by atoms with Crippen LogP contribution in [0.4, 0.5) is 17.2 Å². The Morgan fingerprint density at radius 2 is 2.24 bits per heavy atom. The monoisotopic (exact) mass is 472 g/mol. The molecule has 3 aromatic heterocycles. The van der Waals surface area contributed by atoms with Crippen molar-refractivity contribution >= 4 is 50.1 Å². The fourth-order valence-corrected chi connectivity index (χ4v) is 6.02. The van der Waals surface area contributed by atoms with Crippen LogP contribution < -0.4 is 15.5 Å². The maximum Gasteiger partial charge on any atom is 0.151 e. The first kappa shape index (κ1) is 20.6. The molecule has 2 N–H and O–H groups in total. The first-order chi connectivity index (χ1) is 16.2. The number of aryl methyl sites for hydroxylation is 1. The van der Waals surface area contributed by atoms with E-state index in [1.165, 1.54) is 17.7 Å². The van der Waals surface area contributed by atoms with Crippen LogP contribution in [0.5, 0.6) is 0 Å². The van der Waals surface area contributed by atoms with Crippen LogP contribution in [0.2, 0.25) is 0 Å². The number of aromatic nitrogens is 3. The average Bonchev–Trinajstić information content (AvgIpc) is 3.60. The summed E-state index contributed by atoms with van der Waals surface area (Å²) in [5.41, 5.74) is 5.80. The lowest BCUT2D eigenvalue weighted by Crippen LogP contribution is -2.19. The molecule has 1 saturated heterocycles. The van der Waals surface area contributed by atoms with Crippen molar-refractivity contribution in [3.63, 3.8) is 0 Å². The van der Waals surface area contributed by atoms with E-state index in [0.717, 1.165) is 69.8 Å². The molecular formula is C25H24N6S2. The molecule has 0 unspecified atom stereocenters. The number of benzene rings is 1. The summed E-state index contributed by atoms with van der Waals surface area (Å²) in [7, 11) is 0. The first-order valence-electron chi connectivity index (χ1n) is 11.3. The Balaban J connectivity index is 1.22. The lowest BCUT2D eigenvalue weighted by molar-refractivity contribution is 0.749. The van der Waals surface area contributed by atoms with Gasteiger partial charge in [0.15, 0.2) is 5.82 Å². The molecule has 33 heavy (non-hydrogen) atoms. The van der Waals surface area contributed by atoms with Crippen LogP contribution in [0.3, 0.4) is 0 Å². The molecule has 6 rings (SSSR count). The average molecular weight is 473 g/mol. The topological polar surface area (TPSA) is 66.0 Å². The van der Waals surface area contributed by atoms with E-state index >= 15 is 0 Å². The predicted octanol–water partition coefficient (Wildman–Crippen LogP) is 4.87. The number of nitrogens with zero attached hydrogens (tertiary/aromatic N) is 4. The van der Waals surface area contributed by atoms with Gasteiger partial charge in [0.05, 0.1) is 38.4 Å². The summed E-state index contributed by atoms with van der Waals surface area (Å²) in [6.45, 7) is 5.01. The highest BCUT2D eigenvalue weighted by molar-refractivity contribution is 7.20.